The van der Waals surface area contributed by atoms with Gasteiger partial charge in [0.1, 0.15) is 5.82 Å². The van der Waals surface area contributed by atoms with Gasteiger partial charge in [0, 0.05) is 18.3 Å². The minimum atomic E-state index is -0.239. The molecule has 2 aromatic rings. The van der Waals surface area contributed by atoms with Crippen molar-refractivity contribution < 1.29 is 4.39 Å². The van der Waals surface area contributed by atoms with Crippen molar-refractivity contribution in [3.8, 4) is 0 Å². The molecule has 1 atom stereocenters. The van der Waals surface area contributed by atoms with Gasteiger partial charge in [-0.2, -0.15) is 5.10 Å². The Hall–Kier alpha value is -1.95. The van der Waals surface area contributed by atoms with E-state index in [9.17, 15) is 4.39 Å². The van der Waals surface area contributed by atoms with Gasteiger partial charge in [-0.15, -0.1) is 0 Å². The van der Waals surface area contributed by atoms with E-state index in [0.29, 0.717) is 23.5 Å². The molecule has 21 heavy (non-hydrogen) atoms. The van der Waals surface area contributed by atoms with Crippen molar-refractivity contribution in [3.63, 3.8) is 0 Å². The Kier molecular flexibility index (Phi) is 5.27. The predicted molar refractivity (Wildman–Crippen MR) is 86.8 cm³/mol. The first kappa shape index (κ1) is 15.4. The number of benzene rings is 1. The number of rotatable bonds is 5. The standard InChI is InChI=1S/C15H19FN4S/c1-3-11(2)17-15(21)18-14-7-8-20(19-14)10-12-5-4-6-13(16)9-12/h4-9,11H,3,10H2,1-2H3,(H2,17,18,19,21). The van der Waals surface area contributed by atoms with Gasteiger partial charge in [-0.3, -0.25) is 4.68 Å². The van der Waals surface area contributed by atoms with Crippen molar-refractivity contribution in [1.82, 2.24) is 15.1 Å². The van der Waals surface area contributed by atoms with Crippen LogP contribution in [0.3, 0.4) is 0 Å². The Morgan fingerprint density at radius 1 is 1.43 bits per heavy atom. The fourth-order valence-corrected chi connectivity index (χ4v) is 2.12. The molecule has 1 aromatic carbocycles. The molecule has 1 aromatic heterocycles. The Morgan fingerprint density at radius 3 is 2.95 bits per heavy atom. The molecule has 0 saturated heterocycles. The first-order valence-electron chi connectivity index (χ1n) is 6.92. The molecule has 0 aliphatic carbocycles. The van der Waals surface area contributed by atoms with Gasteiger partial charge in [-0.1, -0.05) is 19.1 Å². The maximum Gasteiger partial charge on any atom is 0.172 e. The molecular formula is C15H19FN4S. The van der Waals surface area contributed by atoms with Crippen LogP contribution in [0.1, 0.15) is 25.8 Å². The summed E-state index contributed by atoms with van der Waals surface area (Å²) in [5.41, 5.74) is 0.866. The molecule has 1 unspecified atom stereocenters. The zero-order chi connectivity index (χ0) is 15.2. The van der Waals surface area contributed by atoms with Gasteiger partial charge in [-0.25, -0.2) is 4.39 Å². The fourth-order valence-electron chi connectivity index (χ4n) is 1.82. The number of nitrogens with zero attached hydrogens (tertiary/aromatic N) is 2. The molecule has 4 nitrogen and oxygen atoms in total. The lowest BCUT2D eigenvalue weighted by atomic mass is 10.2. The molecule has 0 amide bonds. The number of hydrogen-bond acceptors (Lipinski definition) is 2. The molecule has 2 rings (SSSR count). The van der Waals surface area contributed by atoms with E-state index >= 15 is 0 Å². The minimum Gasteiger partial charge on any atom is -0.360 e. The first-order chi connectivity index (χ1) is 10.1. The summed E-state index contributed by atoms with van der Waals surface area (Å²) in [7, 11) is 0. The van der Waals surface area contributed by atoms with Crippen molar-refractivity contribution in [2.24, 2.45) is 0 Å². The van der Waals surface area contributed by atoms with E-state index in [1.807, 2.05) is 18.3 Å². The largest absolute Gasteiger partial charge is 0.360 e. The van der Waals surface area contributed by atoms with Crippen molar-refractivity contribution in [2.45, 2.75) is 32.9 Å². The summed E-state index contributed by atoms with van der Waals surface area (Å²) in [6, 6.07) is 8.65. The molecule has 0 radical (unpaired) electrons. The molecular weight excluding hydrogens is 287 g/mol. The third kappa shape index (κ3) is 4.82. The van der Waals surface area contributed by atoms with Gasteiger partial charge in [0.2, 0.25) is 0 Å². The Bertz CT molecular complexity index is 611. The van der Waals surface area contributed by atoms with Crippen molar-refractivity contribution in [1.29, 1.82) is 0 Å². The number of hydrogen-bond donors (Lipinski definition) is 2. The zero-order valence-electron chi connectivity index (χ0n) is 12.1. The number of nitrogens with one attached hydrogen (secondary N) is 2. The van der Waals surface area contributed by atoms with Crippen molar-refractivity contribution in [3.05, 3.63) is 47.9 Å². The molecule has 0 aliphatic rings. The topological polar surface area (TPSA) is 41.9 Å². The minimum absolute atomic E-state index is 0.239. The SMILES string of the molecule is CCC(C)NC(=S)Nc1ccn(Cc2cccc(F)c2)n1. The second-order valence-electron chi connectivity index (χ2n) is 4.94. The van der Waals surface area contributed by atoms with E-state index in [1.54, 1.807) is 10.7 Å². The van der Waals surface area contributed by atoms with Crippen LogP contribution in [0, 0.1) is 5.82 Å². The number of aromatic nitrogens is 2. The lowest BCUT2D eigenvalue weighted by Crippen LogP contribution is -2.35. The third-order valence-corrected chi connectivity index (χ3v) is 3.33. The van der Waals surface area contributed by atoms with E-state index in [0.717, 1.165) is 12.0 Å². The smallest absolute Gasteiger partial charge is 0.172 e. The molecule has 0 spiro atoms. The number of thiocarbonyl (C=S) groups is 1. The lowest BCUT2D eigenvalue weighted by molar-refractivity contribution is 0.619. The summed E-state index contributed by atoms with van der Waals surface area (Å²) in [6.45, 7) is 4.68. The molecule has 0 bridgehead atoms. The fraction of sp³-hybridized carbons (Fsp3) is 0.333. The second-order valence-corrected chi connectivity index (χ2v) is 5.34. The van der Waals surface area contributed by atoms with Gasteiger partial charge in [-0.05, 0) is 43.3 Å². The van der Waals surface area contributed by atoms with Gasteiger partial charge >= 0.3 is 0 Å². The highest BCUT2D eigenvalue weighted by atomic mass is 32.1. The highest BCUT2D eigenvalue weighted by Crippen LogP contribution is 2.08. The van der Waals surface area contributed by atoms with Crippen LogP contribution >= 0.6 is 12.2 Å². The van der Waals surface area contributed by atoms with Crippen LogP contribution in [-0.4, -0.2) is 20.9 Å². The highest BCUT2D eigenvalue weighted by Gasteiger charge is 2.05. The Balaban J connectivity index is 1.94. The predicted octanol–water partition coefficient (Wildman–Crippen LogP) is 3.16. The normalized spacial score (nSPS) is 12.0. The quantitative estimate of drug-likeness (QED) is 0.833. The van der Waals surface area contributed by atoms with Crippen LogP contribution < -0.4 is 10.6 Å². The third-order valence-electron chi connectivity index (χ3n) is 3.11. The number of halogens is 1. The maximum atomic E-state index is 13.1. The summed E-state index contributed by atoms with van der Waals surface area (Å²) in [5.74, 6) is 0.434. The van der Waals surface area contributed by atoms with Crippen LogP contribution in [0.2, 0.25) is 0 Å². The average molecular weight is 306 g/mol. The summed E-state index contributed by atoms with van der Waals surface area (Å²) < 4.78 is 14.9. The van der Waals surface area contributed by atoms with Crippen molar-refractivity contribution >= 4 is 23.1 Å². The van der Waals surface area contributed by atoms with E-state index in [1.165, 1.54) is 12.1 Å². The maximum absolute atomic E-state index is 13.1. The van der Waals surface area contributed by atoms with E-state index in [-0.39, 0.29) is 5.82 Å². The monoisotopic (exact) mass is 306 g/mol. The summed E-state index contributed by atoms with van der Waals surface area (Å²) in [6.07, 6.45) is 2.83. The van der Waals surface area contributed by atoms with Crippen LogP contribution in [-0.2, 0) is 6.54 Å². The highest BCUT2D eigenvalue weighted by molar-refractivity contribution is 7.80. The molecule has 0 fully saturated rings. The first-order valence-corrected chi connectivity index (χ1v) is 7.33. The molecule has 0 aliphatic heterocycles. The van der Waals surface area contributed by atoms with E-state index in [4.69, 9.17) is 12.2 Å². The van der Waals surface area contributed by atoms with Crippen LogP contribution in [0.25, 0.3) is 0 Å². The summed E-state index contributed by atoms with van der Waals surface area (Å²) >= 11 is 5.21. The second kappa shape index (κ2) is 7.17. The zero-order valence-corrected chi connectivity index (χ0v) is 13.0. The van der Waals surface area contributed by atoms with Gasteiger partial charge < -0.3 is 10.6 Å². The van der Waals surface area contributed by atoms with Gasteiger partial charge in [0.25, 0.3) is 0 Å². The van der Waals surface area contributed by atoms with Gasteiger partial charge in [0.05, 0.1) is 6.54 Å². The summed E-state index contributed by atoms with van der Waals surface area (Å²) in [5, 5.41) is 11.1. The average Bonchev–Trinajstić information content (AvgIpc) is 2.85. The van der Waals surface area contributed by atoms with Gasteiger partial charge in [0.15, 0.2) is 10.9 Å². The van der Waals surface area contributed by atoms with Crippen molar-refractivity contribution in [2.75, 3.05) is 5.32 Å². The summed E-state index contributed by atoms with van der Waals surface area (Å²) in [4.78, 5) is 0. The Morgan fingerprint density at radius 2 is 2.24 bits per heavy atom. The van der Waals surface area contributed by atoms with E-state index in [2.05, 4.69) is 29.6 Å². The molecule has 1 heterocycles. The molecule has 2 N–H and O–H groups in total. The molecule has 112 valence electrons. The number of anilines is 1. The van der Waals surface area contributed by atoms with Crippen LogP contribution in [0.5, 0.6) is 0 Å². The molecule has 6 heteroatoms. The lowest BCUT2D eigenvalue weighted by Gasteiger charge is -2.13. The molecule has 0 saturated carbocycles. The van der Waals surface area contributed by atoms with Crippen LogP contribution in [0.4, 0.5) is 10.2 Å². The van der Waals surface area contributed by atoms with Crippen LogP contribution in [0.15, 0.2) is 36.5 Å². The van der Waals surface area contributed by atoms with E-state index < -0.39 is 0 Å². The Labute approximate surface area is 129 Å².